The molecule has 0 aliphatic carbocycles. The lowest BCUT2D eigenvalue weighted by molar-refractivity contribution is -0.135. The lowest BCUT2D eigenvalue weighted by Gasteiger charge is -2.31. The molecule has 1 aliphatic heterocycles. The van der Waals surface area contributed by atoms with E-state index in [-0.39, 0.29) is 17.7 Å². The van der Waals surface area contributed by atoms with Gasteiger partial charge in [0.05, 0.1) is 24.7 Å². The summed E-state index contributed by atoms with van der Waals surface area (Å²) in [5, 5.41) is 11.8. The Morgan fingerprint density at radius 2 is 1.86 bits per heavy atom. The lowest BCUT2D eigenvalue weighted by Crippen LogP contribution is -2.41. The van der Waals surface area contributed by atoms with Crippen LogP contribution in [0.1, 0.15) is 24.8 Å². The summed E-state index contributed by atoms with van der Waals surface area (Å²) in [6, 6.07) is 18.3. The highest BCUT2D eigenvalue weighted by molar-refractivity contribution is 5.93. The minimum Gasteiger partial charge on any atom is -0.493 e. The number of carbonyl (C=O) groups is 2. The first-order valence-electron chi connectivity index (χ1n) is 9.42. The number of carbonyl (C=O) groups excluding carboxylic acids is 2. The van der Waals surface area contributed by atoms with Gasteiger partial charge in [0, 0.05) is 24.7 Å². The first-order valence-corrected chi connectivity index (χ1v) is 9.42. The van der Waals surface area contributed by atoms with Crippen molar-refractivity contribution >= 4 is 17.5 Å². The van der Waals surface area contributed by atoms with Crippen LogP contribution in [0.4, 0.5) is 5.69 Å². The Morgan fingerprint density at radius 1 is 1.11 bits per heavy atom. The second kappa shape index (κ2) is 9.56. The first-order chi connectivity index (χ1) is 13.7. The first kappa shape index (κ1) is 19.4. The van der Waals surface area contributed by atoms with Gasteiger partial charge in [0.15, 0.2) is 0 Å². The predicted molar refractivity (Wildman–Crippen MR) is 106 cm³/mol. The third-order valence-electron chi connectivity index (χ3n) is 4.81. The fourth-order valence-electron chi connectivity index (χ4n) is 3.23. The number of rotatable bonds is 6. The van der Waals surface area contributed by atoms with Crippen LogP contribution in [0.3, 0.4) is 0 Å². The molecule has 2 aromatic carbocycles. The number of para-hydroxylation sites is 1. The lowest BCUT2D eigenvalue weighted by atomic mass is 9.95. The number of ether oxygens (including phenoxy) is 1. The predicted octanol–water partition coefficient (Wildman–Crippen LogP) is 3.20. The summed E-state index contributed by atoms with van der Waals surface area (Å²) >= 11 is 0. The highest BCUT2D eigenvalue weighted by Gasteiger charge is 2.27. The fraction of sp³-hybridized carbons (Fsp3) is 0.318. The van der Waals surface area contributed by atoms with Crippen molar-refractivity contribution in [3.8, 4) is 11.8 Å². The monoisotopic (exact) mass is 377 g/mol. The molecule has 2 amide bonds. The van der Waals surface area contributed by atoms with E-state index in [1.807, 2.05) is 30.3 Å². The average Bonchev–Trinajstić information content (AvgIpc) is 2.74. The topological polar surface area (TPSA) is 82.4 Å². The van der Waals surface area contributed by atoms with E-state index in [4.69, 9.17) is 10.00 Å². The SMILES string of the molecule is N#Cc1cccc(NC(=O)C2CCN(C(=O)CCOc3ccccc3)CC2)c1. The quantitative estimate of drug-likeness (QED) is 0.838. The molecule has 1 aliphatic rings. The number of amides is 2. The van der Waals surface area contributed by atoms with Gasteiger partial charge in [-0.1, -0.05) is 24.3 Å². The molecule has 0 bridgehead atoms. The van der Waals surface area contributed by atoms with Crippen LogP contribution in [-0.2, 0) is 9.59 Å². The molecule has 144 valence electrons. The summed E-state index contributed by atoms with van der Waals surface area (Å²) < 4.78 is 5.58. The van der Waals surface area contributed by atoms with Crippen LogP contribution in [0.2, 0.25) is 0 Å². The second-order valence-corrected chi connectivity index (χ2v) is 6.75. The van der Waals surface area contributed by atoms with Crippen molar-refractivity contribution in [1.29, 1.82) is 5.26 Å². The molecule has 6 heteroatoms. The van der Waals surface area contributed by atoms with E-state index < -0.39 is 0 Å². The zero-order chi connectivity index (χ0) is 19.8. The van der Waals surface area contributed by atoms with E-state index in [2.05, 4.69) is 11.4 Å². The van der Waals surface area contributed by atoms with Gasteiger partial charge >= 0.3 is 0 Å². The van der Waals surface area contributed by atoms with Gasteiger partial charge in [-0.05, 0) is 43.2 Å². The Bertz CT molecular complexity index is 853. The zero-order valence-electron chi connectivity index (χ0n) is 15.6. The van der Waals surface area contributed by atoms with Gasteiger partial charge in [-0.2, -0.15) is 5.26 Å². The standard InChI is InChI=1S/C22H23N3O3/c23-16-17-5-4-6-19(15-17)24-22(27)18-9-12-25(13-10-18)21(26)11-14-28-20-7-2-1-3-8-20/h1-8,15,18H,9-14H2,(H,24,27). The van der Waals surface area contributed by atoms with Crippen LogP contribution in [-0.4, -0.2) is 36.4 Å². The number of hydrogen-bond donors (Lipinski definition) is 1. The highest BCUT2D eigenvalue weighted by atomic mass is 16.5. The van der Waals surface area contributed by atoms with E-state index in [0.29, 0.717) is 50.2 Å². The zero-order valence-corrected chi connectivity index (χ0v) is 15.6. The maximum Gasteiger partial charge on any atom is 0.227 e. The normalized spacial score (nSPS) is 14.2. The van der Waals surface area contributed by atoms with Crippen molar-refractivity contribution in [2.24, 2.45) is 5.92 Å². The molecule has 1 saturated heterocycles. The molecule has 3 rings (SSSR count). The number of nitrogens with zero attached hydrogens (tertiary/aromatic N) is 2. The van der Waals surface area contributed by atoms with Gasteiger partial charge in [0.25, 0.3) is 0 Å². The number of hydrogen-bond acceptors (Lipinski definition) is 4. The van der Waals surface area contributed by atoms with Crippen molar-refractivity contribution < 1.29 is 14.3 Å². The number of piperidine rings is 1. The minimum atomic E-state index is -0.129. The molecule has 0 aromatic heterocycles. The van der Waals surface area contributed by atoms with Crippen molar-refractivity contribution in [3.63, 3.8) is 0 Å². The molecule has 1 N–H and O–H groups in total. The maximum atomic E-state index is 12.5. The van der Waals surface area contributed by atoms with Gasteiger partial charge in [-0.15, -0.1) is 0 Å². The van der Waals surface area contributed by atoms with Gasteiger partial charge < -0.3 is 15.0 Å². The fourth-order valence-corrected chi connectivity index (χ4v) is 3.23. The van der Waals surface area contributed by atoms with E-state index >= 15 is 0 Å². The van der Waals surface area contributed by atoms with Crippen LogP contribution in [0, 0.1) is 17.2 Å². The van der Waals surface area contributed by atoms with Crippen LogP contribution in [0.5, 0.6) is 5.75 Å². The number of benzene rings is 2. The van der Waals surface area contributed by atoms with E-state index in [9.17, 15) is 9.59 Å². The molecule has 0 spiro atoms. The molecule has 6 nitrogen and oxygen atoms in total. The number of anilines is 1. The summed E-state index contributed by atoms with van der Waals surface area (Å²) in [7, 11) is 0. The number of nitriles is 1. The summed E-state index contributed by atoms with van der Waals surface area (Å²) in [6.45, 7) is 1.49. The Hall–Kier alpha value is -3.33. The molecule has 28 heavy (non-hydrogen) atoms. The maximum absolute atomic E-state index is 12.5. The molecule has 0 saturated carbocycles. The van der Waals surface area contributed by atoms with Gasteiger partial charge in [0.1, 0.15) is 5.75 Å². The van der Waals surface area contributed by atoms with E-state index in [0.717, 1.165) is 5.75 Å². The number of nitrogens with one attached hydrogen (secondary N) is 1. The largest absolute Gasteiger partial charge is 0.493 e. The molecular weight excluding hydrogens is 354 g/mol. The third-order valence-corrected chi connectivity index (χ3v) is 4.81. The third kappa shape index (κ3) is 5.34. The summed E-state index contributed by atoms with van der Waals surface area (Å²) in [6.07, 6.45) is 1.59. The summed E-state index contributed by atoms with van der Waals surface area (Å²) in [5.41, 5.74) is 1.14. The van der Waals surface area contributed by atoms with Crippen molar-refractivity contribution in [2.75, 3.05) is 25.0 Å². The summed E-state index contributed by atoms with van der Waals surface area (Å²) in [5.74, 6) is 0.618. The van der Waals surface area contributed by atoms with Gasteiger partial charge in [-0.3, -0.25) is 9.59 Å². The van der Waals surface area contributed by atoms with Gasteiger partial charge in [0.2, 0.25) is 11.8 Å². The molecule has 0 unspecified atom stereocenters. The minimum absolute atomic E-state index is 0.0523. The molecule has 1 heterocycles. The second-order valence-electron chi connectivity index (χ2n) is 6.75. The Morgan fingerprint density at radius 3 is 2.57 bits per heavy atom. The Balaban J connectivity index is 1.41. The van der Waals surface area contributed by atoms with Crippen LogP contribution >= 0.6 is 0 Å². The van der Waals surface area contributed by atoms with E-state index in [1.54, 1.807) is 29.2 Å². The summed E-state index contributed by atoms with van der Waals surface area (Å²) in [4.78, 5) is 26.6. The van der Waals surface area contributed by atoms with Crippen molar-refractivity contribution in [3.05, 3.63) is 60.2 Å². The molecule has 0 radical (unpaired) electrons. The Labute approximate surface area is 164 Å². The Kier molecular flexibility index (Phi) is 6.64. The molecule has 1 fully saturated rings. The van der Waals surface area contributed by atoms with Gasteiger partial charge in [-0.25, -0.2) is 0 Å². The molecule has 0 atom stereocenters. The van der Waals surface area contributed by atoms with Crippen molar-refractivity contribution in [2.45, 2.75) is 19.3 Å². The molecule has 2 aromatic rings. The highest BCUT2D eigenvalue weighted by Crippen LogP contribution is 2.20. The van der Waals surface area contributed by atoms with Crippen molar-refractivity contribution in [1.82, 2.24) is 4.90 Å². The average molecular weight is 377 g/mol. The molecular formula is C22H23N3O3. The van der Waals surface area contributed by atoms with Crippen LogP contribution in [0.15, 0.2) is 54.6 Å². The number of likely N-dealkylation sites (tertiary alicyclic amines) is 1. The van der Waals surface area contributed by atoms with Crippen LogP contribution in [0.25, 0.3) is 0 Å². The smallest absolute Gasteiger partial charge is 0.227 e. The van der Waals surface area contributed by atoms with Crippen LogP contribution < -0.4 is 10.1 Å². The van der Waals surface area contributed by atoms with E-state index in [1.165, 1.54) is 0 Å².